The molecule has 2 aliphatic rings. The minimum Gasteiger partial charge on any atom is -0.322 e. The number of rotatable bonds is 3. The maximum atomic E-state index is 12.8. The number of aryl methyl sites for hydroxylation is 1. The smallest absolute Gasteiger partial charge is 0.255 e. The molecule has 28 heavy (non-hydrogen) atoms. The van der Waals surface area contributed by atoms with Crippen LogP contribution in [0.3, 0.4) is 0 Å². The van der Waals surface area contributed by atoms with Crippen LogP contribution in [0, 0.1) is 18.8 Å². The van der Waals surface area contributed by atoms with Gasteiger partial charge in [-0.05, 0) is 68.7 Å². The molecule has 5 nitrogen and oxygen atoms in total. The number of fused-ring (bicyclic) bond motifs is 1. The highest BCUT2D eigenvalue weighted by Gasteiger charge is 2.48. The fourth-order valence-electron chi connectivity index (χ4n) is 3.98. The Kier molecular flexibility index (Phi) is 4.59. The van der Waals surface area contributed by atoms with Crippen LogP contribution in [0.4, 0.5) is 11.4 Å². The van der Waals surface area contributed by atoms with Gasteiger partial charge in [0, 0.05) is 11.3 Å². The predicted octanol–water partition coefficient (Wildman–Crippen LogP) is 4.09. The molecule has 2 aromatic carbocycles. The molecule has 1 aliphatic carbocycles. The number of anilines is 2. The zero-order valence-electron chi connectivity index (χ0n) is 15.9. The van der Waals surface area contributed by atoms with Crippen LogP contribution in [0.25, 0.3) is 0 Å². The molecule has 0 radical (unpaired) electrons. The first-order valence-electron chi connectivity index (χ1n) is 9.45. The van der Waals surface area contributed by atoms with E-state index in [9.17, 15) is 14.4 Å². The number of carbonyl (C=O) groups is 3. The first kappa shape index (κ1) is 18.2. The molecule has 0 aromatic heterocycles. The first-order valence-corrected chi connectivity index (χ1v) is 9.45. The van der Waals surface area contributed by atoms with Crippen LogP contribution >= 0.6 is 0 Å². The summed E-state index contributed by atoms with van der Waals surface area (Å²) in [6, 6.07) is 14.2. The number of benzene rings is 2. The molecule has 1 aliphatic heterocycles. The molecular weight excluding hydrogens is 352 g/mol. The molecule has 1 N–H and O–H groups in total. The van der Waals surface area contributed by atoms with Crippen molar-refractivity contribution in [3.8, 4) is 0 Å². The van der Waals surface area contributed by atoms with E-state index in [1.54, 1.807) is 24.3 Å². The summed E-state index contributed by atoms with van der Waals surface area (Å²) in [7, 11) is 0. The monoisotopic (exact) mass is 374 g/mol. The van der Waals surface area contributed by atoms with Crippen LogP contribution in [0.5, 0.6) is 0 Å². The van der Waals surface area contributed by atoms with E-state index in [0.717, 1.165) is 16.8 Å². The van der Waals surface area contributed by atoms with Crippen LogP contribution in [0.1, 0.15) is 35.7 Å². The molecule has 2 unspecified atom stereocenters. The van der Waals surface area contributed by atoms with Crippen molar-refractivity contribution in [3.63, 3.8) is 0 Å². The van der Waals surface area contributed by atoms with Gasteiger partial charge in [0.2, 0.25) is 11.8 Å². The Morgan fingerprint density at radius 3 is 2.43 bits per heavy atom. The summed E-state index contributed by atoms with van der Waals surface area (Å²) in [4.78, 5) is 39.3. The minimum absolute atomic E-state index is 0.139. The highest BCUT2D eigenvalue weighted by Crippen LogP contribution is 2.39. The van der Waals surface area contributed by atoms with Gasteiger partial charge in [-0.2, -0.15) is 0 Å². The van der Waals surface area contributed by atoms with Gasteiger partial charge in [0.25, 0.3) is 5.91 Å². The first-order chi connectivity index (χ1) is 13.4. The van der Waals surface area contributed by atoms with Crippen molar-refractivity contribution >= 4 is 29.1 Å². The lowest BCUT2D eigenvalue weighted by Crippen LogP contribution is -2.30. The molecule has 0 saturated carbocycles. The third kappa shape index (κ3) is 3.24. The normalized spacial score (nSPS) is 21.4. The van der Waals surface area contributed by atoms with Gasteiger partial charge in [-0.25, -0.2) is 0 Å². The summed E-state index contributed by atoms with van der Waals surface area (Å²) < 4.78 is 0. The van der Waals surface area contributed by atoms with Crippen molar-refractivity contribution in [2.75, 3.05) is 10.2 Å². The van der Waals surface area contributed by atoms with Gasteiger partial charge in [-0.3, -0.25) is 19.3 Å². The van der Waals surface area contributed by atoms with E-state index in [2.05, 4.69) is 11.4 Å². The number of hydrogen-bond donors (Lipinski definition) is 1. The highest BCUT2D eigenvalue weighted by molar-refractivity contribution is 6.22. The van der Waals surface area contributed by atoms with Gasteiger partial charge in [-0.1, -0.05) is 23.8 Å². The van der Waals surface area contributed by atoms with E-state index in [0.29, 0.717) is 24.1 Å². The van der Waals surface area contributed by atoms with Crippen molar-refractivity contribution in [1.82, 2.24) is 0 Å². The fraction of sp³-hybridized carbons (Fsp3) is 0.261. The van der Waals surface area contributed by atoms with Crippen molar-refractivity contribution in [3.05, 3.63) is 71.3 Å². The lowest BCUT2D eigenvalue weighted by atomic mass is 9.82. The van der Waals surface area contributed by atoms with Gasteiger partial charge in [0.1, 0.15) is 0 Å². The number of hydrogen-bond acceptors (Lipinski definition) is 3. The van der Waals surface area contributed by atoms with Gasteiger partial charge in [0.05, 0.1) is 17.5 Å². The third-order valence-corrected chi connectivity index (χ3v) is 5.49. The lowest BCUT2D eigenvalue weighted by Gasteiger charge is -2.18. The Balaban J connectivity index is 1.51. The second-order valence-electron chi connectivity index (χ2n) is 7.59. The molecule has 3 amide bonds. The van der Waals surface area contributed by atoms with E-state index in [1.165, 1.54) is 4.90 Å². The summed E-state index contributed by atoms with van der Waals surface area (Å²) >= 11 is 0. The Bertz CT molecular complexity index is 991. The Morgan fingerprint density at radius 2 is 1.71 bits per heavy atom. The van der Waals surface area contributed by atoms with Crippen molar-refractivity contribution in [2.24, 2.45) is 11.8 Å². The van der Waals surface area contributed by atoms with Crippen molar-refractivity contribution in [1.29, 1.82) is 0 Å². The molecule has 1 heterocycles. The fourth-order valence-corrected chi connectivity index (χ4v) is 3.98. The zero-order valence-corrected chi connectivity index (χ0v) is 15.9. The van der Waals surface area contributed by atoms with E-state index >= 15 is 0 Å². The van der Waals surface area contributed by atoms with Crippen LogP contribution in [0.15, 0.2) is 60.2 Å². The van der Waals surface area contributed by atoms with Gasteiger partial charge in [0.15, 0.2) is 0 Å². The summed E-state index contributed by atoms with van der Waals surface area (Å²) in [5, 5.41) is 2.86. The SMILES string of the molecule is CC1=CCC2C(=O)N(c3ccc(C(=O)Nc4cccc(C)c4)cc3)C(=O)C2C1. The number of nitrogens with one attached hydrogen (secondary N) is 1. The molecule has 5 heteroatoms. The largest absolute Gasteiger partial charge is 0.322 e. The van der Waals surface area contributed by atoms with Crippen molar-refractivity contribution in [2.45, 2.75) is 26.7 Å². The lowest BCUT2D eigenvalue weighted by molar-refractivity contribution is -0.122. The zero-order chi connectivity index (χ0) is 19.8. The maximum Gasteiger partial charge on any atom is 0.255 e. The van der Waals surface area contributed by atoms with Gasteiger partial charge in [-0.15, -0.1) is 0 Å². The Labute approximate surface area is 164 Å². The molecule has 1 saturated heterocycles. The molecular formula is C23H22N2O3. The van der Waals surface area contributed by atoms with E-state index in [-0.39, 0.29) is 29.6 Å². The molecule has 0 spiro atoms. The van der Waals surface area contributed by atoms with E-state index < -0.39 is 0 Å². The minimum atomic E-state index is -0.263. The van der Waals surface area contributed by atoms with E-state index in [1.807, 2.05) is 38.1 Å². The molecule has 2 atom stereocenters. The molecule has 1 fully saturated rings. The van der Waals surface area contributed by atoms with E-state index in [4.69, 9.17) is 0 Å². The maximum absolute atomic E-state index is 12.8. The van der Waals surface area contributed by atoms with Crippen LogP contribution < -0.4 is 10.2 Å². The van der Waals surface area contributed by atoms with Crippen molar-refractivity contribution < 1.29 is 14.4 Å². The Morgan fingerprint density at radius 1 is 1.00 bits per heavy atom. The van der Waals surface area contributed by atoms with Crippen LogP contribution in [-0.2, 0) is 9.59 Å². The Hall–Kier alpha value is -3.21. The standard InChI is InChI=1S/C23H22N2O3/c1-14-4-3-5-17(12-14)24-21(26)16-7-9-18(10-8-16)25-22(27)19-11-6-15(2)13-20(19)23(25)28/h3-10,12,19-20H,11,13H2,1-2H3,(H,24,26). The number of allylic oxidation sites excluding steroid dienone is 2. The quantitative estimate of drug-likeness (QED) is 0.650. The third-order valence-electron chi connectivity index (χ3n) is 5.49. The number of amides is 3. The number of carbonyl (C=O) groups excluding carboxylic acids is 3. The average molecular weight is 374 g/mol. The highest BCUT2D eigenvalue weighted by atomic mass is 16.2. The summed E-state index contributed by atoms with van der Waals surface area (Å²) in [6.07, 6.45) is 3.31. The number of nitrogens with zero attached hydrogens (tertiary/aromatic N) is 1. The van der Waals surface area contributed by atoms with Crippen LogP contribution in [0.2, 0.25) is 0 Å². The van der Waals surface area contributed by atoms with Gasteiger partial charge < -0.3 is 5.32 Å². The summed E-state index contributed by atoms with van der Waals surface area (Å²) in [5.74, 6) is -1.04. The topological polar surface area (TPSA) is 66.5 Å². The molecule has 2 aromatic rings. The predicted molar refractivity (Wildman–Crippen MR) is 108 cm³/mol. The molecule has 4 rings (SSSR count). The van der Waals surface area contributed by atoms with Crippen LogP contribution in [-0.4, -0.2) is 17.7 Å². The molecule has 0 bridgehead atoms. The summed E-state index contributed by atoms with van der Waals surface area (Å²) in [6.45, 7) is 3.96. The number of imide groups is 1. The summed E-state index contributed by atoms with van der Waals surface area (Å²) in [5.41, 5.74) is 3.94. The van der Waals surface area contributed by atoms with Gasteiger partial charge >= 0.3 is 0 Å². The second kappa shape index (κ2) is 7.08. The average Bonchev–Trinajstić information content (AvgIpc) is 2.92. The molecule has 142 valence electrons. The second-order valence-corrected chi connectivity index (χ2v) is 7.59.